The highest BCUT2D eigenvalue weighted by Gasteiger charge is 2.24. The first kappa shape index (κ1) is 20.5. The Kier molecular flexibility index (Phi) is 8.30. The van der Waals surface area contributed by atoms with Gasteiger partial charge in [0.1, 0.15) is 31.6 Å². The van der Waals surface area contributed by atoms with Crippen molar-refractivity contribution in [2.45, 2.75) is 31.8 Å². The van der Waals surface area contributed by atoms with Crippen molar-refractivity contribution in [2.75, 3.05) is 26.7 Å². The van der Waals surface area contributed by atoms with Crippen LogP contribution in [0.15, 0.2) is 18.2 Å². The lowest BCUT2D eigenvalue weighted by Crippen LogP contribution is -2.23. The van der Waals surface area contributed by atoms with E-state index in [1.807, 2.05) is 0 Å². The van der Waals surface area contributed by atoms with Crippen LogP contribution in [0.5, 0.6) is 5.75 Å². The second-order valence-corrected chi connectivity index (χ2v) is 12.1. The predicted octanol–water partition coefficient (Wildman–Crippen LogP) is 3.63. The third kappa shape index (κ3) is 7.37. The van der Waals surface area contributed by atoms with E-state index in [9.17, 15) is 18.7 Å². The van der Waals surface area contributed by atoms with Gasteiger partial charge in [0.25, 0.3) is 0 Å². The third-order valence-electron chi connectivity index (χ3n) is 3.14. The molecule has 0 aliphatic carbocycles. The van der Waals surface area contributed by atoms with Gasteiger partial charge in [-0.1, -0.05) is 19.6 Å². The van der Waals surface area contributed by atoms with E-state index in [2.05, 4.69) is 19.6 Å². The van der Waals surface area contributed by atoms with E-state index in [1.165, 1.54) is 12.1 Å². The van der Waals surface area contributed by atoms with Gasteiger partial charge in [0.05, 0.1) is 0 Å². The van der Waals surface area contributed by atoms with Gasteiger partial charge in [-0.2, -0.15) is 0 Å². The number of carbonyl (C=O) groups is 1. The van der Waals surface area contributed by atoms with Gasteiger partial charge in [0.2, 0.25) is 0 Å². The Bertz CT molecular complexity index is 534. The van der Waals surface area contributed by atoms with Crippen LogP contribution >= 0.6 is 0 Å². The molecule has 0 amide bonds. The Hall–Kier alpha value is -1.51. The average molecular weight is 362 g/mol. The van der Waals surface area contributed by atoms with Crippen molar-refractivity contribution in [1.29, 1.82) is 0 Å². The van der Waals surface area contributed by atoms with Crippen LogP contribution in [0.4, 0.5) is 8.78 Å². The first-order chi connectivity index (χ1) is 11.2. The molecule has 1 rings (SSSR count). The van der Waals surface area contributed by atoms with E-state index in [1.54, 1.807) is 0 Å². The molecule has 1 unspecified atom stereocenters. The number of hydrogen-bond acceptors (Lipinski definition) is 4. The molecule has 0 radical (unpaired) electrons. The van der Waals surface area contributed by atoms with E-state index in [4.69, 9.17) is 14.2 Å². The lowest BCUT2D eigenvalue weighted by atomic mass is 10.1. The SMILES string of the molecule is C[Si](C)(C)CCOCOC(C(=O)O)c1ccc(OCCF)cc1F. The van der Waals surface area contributed by atoms with Crippen molar-refractivity contribution < 1.29 is 32.9 Å². The van der Waals surface area contributed by atoms with E-state index in [0.717, 1.165) is 12.1 Å². The number of benzene rings is 1. The molecule has 0 fully saturated rings. The van der Waals surface area contributed by atoms with Crippen molar-refractivity contribution >= 4 is 14.0 Å². The van der Waals surface area contributed by atoms with Gasteiger partial charge in [-0.3, -0.25) is 0 Å². The highest BCUT2D eigenvalue weighted by Crippen LogP contribution is 2.25. The summed E-state index contributed by atoms with van der Waals surface area (Å²) in [6.45, 7) is 5.93. The molecule has 0 spiro atoms. The standard InChI is InChI=1S/C16H24F2O5Si/c1-24(2,3)9-8-21-11-23-15(16(19)20)13-5-4-12(10-14(13)18)22-7-6-17/h4-5,10,15H,6-9,11H2,1-3H3,(H,19,20). The fraction of sp³-hybridized carbons (Fsp3) is 0.562. The molecule has 136 valence electrons. The summed E-state index contributed by atoms with van der Waals surface area (Å²) in [5.74, 6) is -1.98. The molecule has 0 bridgehead atoms. The maximum atomic E-state index is 14.1. The smallest absolute Gasteiger partial charge is 0.337 e. The second-order valence-electron chi connectivity index (χ2n) is 6.44. The fourth-order valence-corrected chi connectivity index (χ4v) is 2.57. The number of rotatable bonds is 11. The molecule has 8 heteroatoms. The van der Waals surface area contributed by atoms with E-state index < -0.39 is 32.6 Å². The molecule has 0 heterocycles. The number of carboxylic acids is 1. The Morgan fingerprint density at radius 3 is 2.54 bits per heavy atom. The summed E-state index contributed by atoms with van der Waals surface area (Å²) in [6, 6.07) is 4.56. The summed E-state index contributed by atoms with van der Waals surface area (Å²) in [4.78, 5) is 11.3. The Balaban J connectivity index is 2.63. The average Bonchev–Trinajstić information content (AvgIpc) is 2.48. The van der Waals surface area contributed by atoms with Crippen LogP contribution < -0.4 is 4.74 Å². The molecule has 0 saturated heterocycles. The van der Waals surface area contributed by atoms with Crippen LogP contribution in [0.3, 0.4) is 0 Å². The van der Waals surface area contributed by atoms with Gasteiger partial charge in [-0.05, 0) is 18.2 Å². The third-order valence-corrected chi connectivity index (χ3v) is 4.84. The van der Waals surface area contributed by atoms with Gasteiger partial charge >= 0.3 is 5.97 Å². The summed E-state index contributed by atoms with van der Waals surface area (Å²) in [5, 5.41) is 9.23. The minimum absolute atomic E-state index is 0.129. The Morgan fingerprint density at radius 2 is 2.00 bits per heavy atom. The van der Waals surface area contributed by atoms with Crippen LogP contribution in [0, 0.1) is 5.82 Å². The minimum atomic E-state index is -1.48. The normalized spacial score (nSPS) is 12.9. The lowest BCUT2D eigenvalue weighted by Gasteiger charge is -2.18. The summed E-state index contributed by atoms with van der Waals surface area (Å²) in [7, 11) is -1.24. The Labute approximate surface area is 141 Å². The summed E-state index contributed by atoms with van der Waals surface area (Å²) in [6.07, 6.45) is -1.48. The fourth-order valence-electron chi connectivity index (χ4n) is 1.81. The van der Waals surface area contributed by atoms with E-state index in [-0.39, 0.29) is 24.7 Å². The highest BCUT2D eigenvalue weighted by molar-refractivity contribution is 6.76. The molecule has 1 N–H and O–H groups in total. The van der Waals surface area contributed by atoms with Crippen LogP contribution in [0.1, 0.15) is 11.7 Å². The van der Waals surface area contributed by atoms with Crippen LogP contribution in [0.25, 0.3) is 0 Å². The van der Waals surface area contributed by atoms with Gasteiger partial charge in [0, 0.05) is 26.3 Å². The maximum absolute atomic E-state index is 14.1. The molecular formula is C16H24F2O5Si. The lowest BCUT2D eigenvalue weighted by molar-refractivity contribution is -0.161. The monoisotopic (exact) mass is 362 g/mol. The van der Waals surface area contributed by atoms with Crippen molar-refractivity contribution in [3.05, 3.63) is 29.6 Å². The van der Waals surface area contributed by atoms with Crippen molar-refractivity contribution in [2.24, 2.45) is 0 Å². The minimum Gasteiger partial charge on any atom is -0.491 e. The molecular weight excluding hydrogens is 338 g/mol. The molecule has 1 atom stereocenters. The van der Waals surface area contributed by atoms with Gasteiger partial charge in [-0.25, -0.2) is 13.6 Å². The topological polar surface area (TPSA) is 65.0 Å². The van der Waals surface area contributed by atoms with Crippen molar-refractivity contribution in [3.63, 3.8) is 0 Å². The Morgan fingerprint density at radius 1 is 1.29 bits per heavy atom. The number of ether oxygens (including phenoxy) is 3. The van der Waals surface area contributed by atoms with Gasteiger partial charge in [-0.15, -0.1) is 0 Å². The molecule has 0 saturated carbocycles. The summed E-state index contributed by atoms with van der Waals surface area (Å²) in [5.41, 5.74) is -0.135. The van der Waals surface area contributed by atoms with Gasteiger partial charge < -0.3 is 19.3 Å². The highest BCUT2D eigenvalue weighted by atomic mass is 28.3. The zero-order chi connectivity index (χ0) is 18.2. The number of aliphatic carboxylic acids is 1. The zero-order valence-electron chi connectivity index (χ0n) is 14.2. The molecule has 5 nitrogen and oxygen atoms in total. The number of carboxylic acid groups (broad SMARTS) is 1. The first-order valence-corrected chi connectivity index (χ1v) is 11.4. The molecule has 0 aromatic heterocycles. The number of hydrogen-bond donors (Lipinski definition) is 1. The molecule has 0 aliphatic heterocycles. The summed E-state index contributed by atoms with van der Waals surface area (Å²) < 4.78 is 41.5. The van der Waals surface area contributed by atoms with Gasteiger partial charge in [0.15, 0.2) is 6.10 Å². The molecule has 1 aromatic carbocycles. The van der Waals surface area contributed by atoms with Crippen LogP contribution in [0.2, 0.25) is 25.7 Å². The number of halogens is 2. The zero-order valence-corrected chi connectivity index (χ0v) is 15.2. The largest absolute Gasteiger partial charge is 0.491 e. The molecule has 24 heavy (non-hydrogen) atoms. The van der Waals surface area contributed by atoms with E-state index >= 15 is 0 Å². The predicted molar refractivity (Wildman–Crippen MR) is 88.3 cm³/mol. The van der Waals surface area contributed by atoms with Crippen molar-refractivity contribution in [1.82, 2.24) is 0 Å². The summed E-state index contributed by atoms with van der Waals surface area (Å²) >= 11 is 0. The van der Waals surface area contributed by atoms with E-state index in [0.29, 0.717) is 6.61 Å². The molecule has 0 aliphatic rings. The maximum Gasteiger partial charge on any atom is 0.337 e. The molecule has 1 aromatic rings. The van der Waals surface area contributed by atoms with Crippen molar-refractivity contribution in [3.8, 4) is 5.75 Å². The van der Waals surface area contributed by atoms with Crippen LogP contribution in [-0.4, -0.2) is 45.8 Å². The second kappa shape index (κ2) is 9.70. The van der Waals surface area contributed by atoms with Crippen LogP contribution in [-0.2, 0) is 14.3 Å². The first-order valence-electron chi connectivity index (χ1n) is 7.65. The quantitative estimate of drug-likeness (QED) is 0.370. The number of alkyl halides is 1.